The maximum Gasteiger partial charge on any atom is 0.0503 e. The van der Waals surface area contributed by atoms with E-state index in [1.165, 1.54) is 19.3 Å². The van der Waals surface area contributed by atoms with E-state index in [1.54, 1.807) is 0 Å². The molecule has 4 heteroatoms. The van der Waals surface area contributed by atoms with Gasteiger partial charge in [-0.2, -0.15) is 0 Å². The zero-order valence-electron chi connectivity index (χ0n) is 11.2. The Morgan fingerprint density at radius 3 is 2.68 bits per heavy atom. The summed E-state index contributed by atoms with van der Waals surface area (Å²) in [7, 11) is -0.873. The number of hydrogen-bond acceptors (Lipinski definition) is 2. The third kappa shape index (κ3) is 4.04. The summed E-state index contributed by atoms with van der Waals surface area (Å²) in [4.78, 5) is 0. The molecule has 1 aliphatic rings. The molecule has 0 spiro atoms. The molecule has 0 saturated heterocycles. The summed E-state index contributed by atoms with van der Waals surface area (Å²) >= 11 is 6.15. The van der Waals surface area contributed by atoms with Crippen molar-refractivity contribution < 1.29 is 4.21 Å². The van der Waals surface area contributed by atoms with Crippen molar-refractivity contribution in [2.45, 2.75) is 43.1 Å². The van der Waals surface area contributed by atoms with Crippen LogP contribution in [0.4, 0.5) is 0 Å². The second-order valence-corrected chi connectivity index (χ2v) is 7.35. The number of rotatable bonds is 4. The van der Waals surface area contributed by atoms with Crippen LogP contribution in [0.2, 0.25) is 5.02 Å². The molecule has 3 unspecified atom stereocenters. The van der Waals surface area contributed by atoms with Gasteiger partial charge in [-0.25, -0.2) is 0 Å². The maximum atomic E-state index is 12.6. The maximum absolute atomic E-state index is 12.6. The van der Waals surface area contributed by atoms with Crippen molar-refractivity contribution in [3.63, 3.8) is 0 Å². The van der Waals surface area contributed by atoms with E-state index in [4.69, 9.17) is 17.3 Å². The van der Waals surface area contributed by atoms with Crippen LogP contribution in [0.3, 0.4) is 0 Å². The number of hydrogen-bond donors (Lipinski definition) is 1. The summed E-state index contributed by atoms with van der Waals surface area (Å²) in [6.07, 6.45) is 5.81. The van der Waals surface area contributed by atoms with Crippen molar-refractivity contribution in [1.29, 1.82) is 0 Å². The van der Waals surface area contributed by atoms with Gasteiger partial charge >= 0.3 is 0 Å². The van der Waals surface area contributed by atoms with Gasteiger partial charge in [0, 0.05) is 21.1 Å². The lowest BCUT2D eigenvalue weighted by molar-refractivity contribution is 0.473. The Morgan fingerprint density at radius 2 is 1.95 bits per heavy atom. The van der Waals surface area contributed by atoms with Crippen LogP contribution in [-0.4, -0.2) is 16.0 Å². The minimum atomic E-state index is -0.873. The zero-order valence-corrected chi connectivity index (χ0v) is 12.8. The molecule has 0 amide bonds. The van der Waals surface area contributed by atoms with Crippen LogP contribution in [0, 0.1) is 5.92 Å². The second-order valence-electron chi connectivity index (χ2n) is 5.29. The Kier molecular flexibility index (Phi) is 5.86. The third-order valence-corrected chi connectivity index (χ3v) is 6.25. The molecular weight excluding hydrogens is 278 g/mol. The third-order valence-electron chi connectivity index (χ3n) is 3.99. The summed E-state index contributed by atoms with van der Waals surface area (Å²) in [5.74, 6) is 0.965. The van der Waals surface area contributed by atoms with Gasteiger partial charge in [0.25, 0.3) is 0 Å². The molecule has 2 rings (SSSR count). The van der Waals surface area contributed by atoms with Crippen LogP contribution in [0.15, 0.2) is 24.3 Å². The Hall–Kier alpha value is -0.380. The van der Waals surface area contributed by atoms with Crippen LogP contribution in [0.5, 0.6) is 0 Å². The van der Waals surface area contributed by atoms with Crippen molar-refractivity contribution in [3.05, 3.63) is 34.9 Å². The summed E-state index contributed by atoms with van der Waals surface area (Å²) < 4.78 is 12.6. The average Bonchev–Trinajstić information content (AvgIpc) is 2.66. The molecule has 1 aromatic rings. The molecule has 106 valence electrons. The summed E-state index contributed by atoms with van der Waals surface area (Å²) in [6, 6.07) is 7.69. The lowest BCUT2D eigenvalue weighted by Crippen LogP contribution is -2.31. The largest absolute Gasteiger partial charge is 0.330 e. The first kappa shape index (κ1) is 15.0. The van der Waals surface area contributed by atoms with Gasteiger partial charge < -0.3 is 5.73 Å². The smallest absolute Gasteiger partial charge is 0.0503 e. The second kappa shape index (κ2) is 7.41. The van der Waals surface area contributed by atoms with Crippen molar-refractivity contribution >= 4 is 22.4 Å². The average molecular weight is 300 g/mol. The summed E-state index contributed by atoms with van der Waals surface area (Å²) in [5.41, 5.74) is 6.85. The van der Waals surface area contributed by atoms with Gasteiger partial charge in [-0.15, -0.1) is 0 Å². The number of halogens is 1. The van der Waals surface area contributed by atoms with E-state index < -0.39 is 10.8 Å². The molecule has 3 atom stereocenters. The van der Waals surface area contributed by atoms with Gasteiger partial charge in [0.05, 0.1) is 5.75 Å². The lowest BCUT2D eigenvalue weighted by atomic mass is 10.0. The van der Waals surface area contributed by atoms with Crippen LogP contribution in [0.25, 0.3) is 0 Å². The molecule has 0 aromatic heterocycles. The van der Waals surface area contributed by atoms with E-state index >= 15 is 0 Å². The van der Waals surface area contributed by atoms with E-state index in [0.717, 1.165) is 18.4 Å². The molecule has 0 aliphatic heterocycles. The Morgan fingerprint density at radius 1 is 1.21 bits per heavy atom. The predicted molar refractivity (Wildman–Crippen MR) is 82.7 cm³/mol. The van der Waals surface area contributed by atoms with Gasteiger partial charge in [-0.05, 0) is 36.9 Å². The number of benzene rings is 1. The monoisotopic (exact) mass is 299 g/mol. The highest BCUT2D eigenvalue weighted by Crippen LogP contribution is 2.29. The SMILES string of the molecule is NCC1CCCCCC1S(=O)Cc1ccccc1Cl. The van der Waals surface area contributed by atoms with E-state index in [1.807, 2.05) is 24.3 Å². The van der Waals surface area contributed by atoms with E-state index in [0.29, 0.717) is 23.2 Å². The van der Waals surface area contributed by atoms with Crippen molar-refractivity contribution in [2.75, 3.05) is 6.54 Å². The van der Waals surface area contributed by atoms with Crippen LogP contribution >= 0.6 is 11.6 Å². The van der Waals surface area contributed by atoms with Gasteiger partial charge in [0.2, 0.25) is 0 Å². The lowest BCUT2D eigenvalue weighted by Gasteiger charge is -2.23. The molecule has 19 heavy (non-hydrogen) atoms. The normalized spacial score (nSPS) is 25.8. The Labute approximate surface area is 123 Å². The van der Waals surface area contributed by atoms with Crippen LogP contribution in [0.1, 0.15) is 37.7 Å². The van der Waals surface area contributed by atoms with Crippen molar-refractivity contribution in [1.82, 2.24) is 0 Å². The summed E-state index contributed by atoms with van der Waals surface area (Å²) in [6.45, 7) is 0.652. The Bertz CT molecular complexity index is 438. The van der Waals surface area contributed by atoms with Gasteiger partial charge in [0.1, 0.15) is 0 Å². The first-order valence-corrected chi connectivity index (χ1v) is 8.79. The molecular formula is C15H22ClNOS. The van der Waals surface area contributed by atoms with E-state index in [9.17, 15) is 4.21 Å². The van der Waals surface area contributed by atoms with E-state index in [-0.39, 0.29) is 5.25 Å². The molecule has 2 N–H and O–H groups in total. The fourth-order valence-electron chi connectivity index (χ4n) is 2.84. The van der Waals surface area contributed by atoms with Crippen molar-refractivity contribution in [3.8, 4) is 0 Å². The van der Waals surface area contributed by atoms with Crippen molar-refractivity contribution in [2.24, 2.45) is 11.7 Å². The fraction of sp³-hybridized carbons (Fsp3) is 0.600. The Balaban J connectivity index is 2.07. The van der Waals surface area contributed by atoms with Gasteiger partial charge in [0.15, 0.2) is 0 Å². The zero-order chi connectivity index (χ0) is 13.7. The summed E-state index contributed by atoms with van der Waals surface area (Å²) in [5, 5.41) is 0.956. The van der Waals surface area contributed by atoms with E-state index in [2.05, 4.69) is 0 Å². The van der Waals surface area contributed by atoms with Crippen LogP contribution < -0.4 is 5.73 Å². The minimum absolute atomic E-state index is 0.240. The molecule has 2 nitrogen and oxygen atoms in total. The fourth-order valence-corrected chi connectivity index (χ4v) is 5.00. The first-order chi connectivity index (χ1) is 9.22. The highest BCUT2D eigenvalue weighted by Gasteiger charge is 2.27. The predicted octanol–water partition coefficient (Wildman–Crippen LogP) is 3.50. The molecule has 1 saturated carbocycles. The minimum Gasteiger partial charge on any atom is -0.330 e. The quantitative estimate of drug-likeness (QED) is 0.865. The topological polar surface area (TPSA) is 43.1 Å². The molecule has 1 aromatic carbocycles. The number of nitrogens with two attached hydrogens (primary N) is 1. The first-order valence-electron chi connectivity index (χ1n) is 7.03. The standard InChI is InChI=1S/C15H22ClNOS/c16-14-8-5-4-7-13(14)11-19(18)15-9-3-1-2-6-12(15)10-17/h4-5,7-8,12,15H,1-3,6,9-11,17H2. The highest BCUT2D eigenvalue weighted by atomic mass is 35.5. The molecule has 0 radical (unpaired) electrons. The molecule has 1 aliphatic carbocycles. The van der Waals surface area contributed by atoms with Gasteiger partial charge in [-0.3, -0.25) is 4.21 Å². The molecule has 0 heterocycles. The van der Waals surface area contributed by atoms with Gasteiger partial charge in [-0.1, -0.05) is 49.1 Å². The molecule has 1 fully saturated rings. The highest BCUT2D eigenvalue weighted by molar-refractivity contribution is 7.84. The van der Waals surface area contributed by atoms with Crippen LogP contribution in [-0.2, 0) is 16.6 Å². The molecule has 0 bridgehead atoms.